The quantitative estimate of drug-likeness (QED) is 0.763. The molecular weight excluding hydrogens is 347 g/mol. The molecular formula is C13H14Cl2N4O4. The van der Waals surface area contributed by atoms with E-state index in [1.807, 2.05) is 0 Å². The van der Waals surface area contributed by atoms with Crippen LogP contribution in [0.25, 0.3) is 0 Å². The highest BCUT2D eigenvalue weighted by atomic mass is 35.5. The molecule has 0 aliphatic rings. The minimum Gasteiger partial charge on any atom is -0.462 e. The third kappa shape index (κ3) is 3.96. The normalized spacial score (nSPS) is 10.6. The lowest BCUT2D eigenvalue weighted by molar-refractivity contribution is 0.0478. The van der Waals surface area contributed by atoms with E-state index in [4.69, 9.17) is 38.4 Å². The van der Waals surface area contributed by atoms with Crippen molar-refractivity contribution in [3.63, 3.8) is 0 Å². The van der Waals surface area contributed by atoms with E-state index in [2.05, 4.69) is 10.1 Å². The minimum atomic E-state index is -0.616. The van der Waals surface area contributed by atoms with Crippen LogP contribution in [0.15, 0.2) is 12.3 Å². The van der Waals surface area contributed by atoms with Gasteiger partial charge in [-0.2, -0.15) is 5.10 Å². The van der Waals surface area contributed by atoms with Gasteiger partial charge in [0.05, 0.1) is 24.4 Å². The van der Waals surface area contributed by atoms with Crippen LogP contribution in [0.5, 0.6) is 0 Å². The molecule has 0 atom stereocenters. The summed E-state index contributed by atoms with van der Waals surface area (Å²) in [7, 11) is 0. The molecule has 10 heteroatoms. The van der Waals surface area contributed by atoms with Crippen LogP contribution < -0.4 is 5.73 Å². The molecule has 0 radical (unpaired) electrons. The monoisotopic (exact) mass is 360 g/mol. The Balaban J connectivity index is 1.91. The second kappa shape index (κ2) is 7.38. The third-order valence-corrected chi connectivity index (χ3v) is 3.55. The number of hydrogen-bond acceptors (Lipinski definition) is 6. The van der Waals surface area contributed by atoms with E-state index in [1.54, 1.807) is 6.92 Å². The van der Waals surface area contributed by atoms with Crippen molar-refractivity contribution in [3.8, 4) is 0 Å². The zero-order chi connectivity index (χ0) is 17.0. The Bertz CT molecular complexity index is 706. The highest BCUT2D eigenvalue weighted by Crippen LogP contribution is 2.22. The molecule has 0 saturated carbocycles. The highest BCUT2D eigenvalue weighted by molar-refractivity contribution is 6.41. The van der Waals surface area contributed by atoms with E-state index in [1.165, 1.54) is 16.9 Å². The van der Waals surface area contributed by atoms with E-state index in [-0.39, 0.29) is 47.0 Å². The fourth-order valence-electron chi connectivity index (χ4n) is 1.76. The second-order valence-corrected chi connectivity index (χ2v) is 5.15. The van der Waals surface area contributed by atoms with Crippen molar-refractivity contribution in [1.29, 1.82) is 0 Å². The maximum absolute atomic E-state index is 11.8. The summed E-state index contributed by atoms with van der Waals surface area (Å²) in [6, 6.07) is 1.37. The molecule has 2 rings (SSSR count). The number of nitrogens with zero attached hydrogens (tertiary/aromatic N) is 2. The summed E-state index contributed by atoms with van der Waals surface area (Å²) >= 11 is 11.4. The number of rotatable bonds is 6. The van der Waals surface area contributed by atoms with E-state index in [0.717, 1.165) is 0 Å². The summed E-state index contributed by atoms with van der Waals surface area (Å²) in [5.74, 6) is -1.02. The summed E-state index contributed by atoms with van der Waals surface area (Å²) in [4.78, 5) is 26.0. The summed E-state index contributed by atoms with van der Waals surface area (Å²) in [5, 5.41) is 4.35. The average molecular weight is 361 g/mol. The van der Waals surface area contributed by atoms with Gasteiger partial charge < -0.3 is 20.2 Å². The fourth-order valence-corrected chi connectivity index (χ4v) is 2.07. The molecule has 0 fully saturated rings. The van der Waals surface area contributed by atoms with Crippen molar-refractivity contribution in [2.75, 3.05) is 18.9 Å². The molecule has 0 aromatic carbocycles. The number of anilines is 1. The highest BCUT2D eigenvalue weighted by Gasteiger charge is 2.17. The average Bonchev–Trinajstić information content (AvgIpc) is 3.03. The van der Waals surface area contributed by atoms with E-state index >= 15 is 0 Å². The lowest BCUT2D eigenvalue weighted by Crippen LogP contribution is -2.15. The Kier molecular flexibility index (Phi) is 5.51. The van der Waals surface area contributed by atoms with Crippen LogP contribution in [0, 0.1) is 0 Å². The minimum absolute atomic E-state index is 0.00123. The molecule has 0 unspecified atom stereocenters. The van der Waals surface area contributed by atoms with Gasteiger partial charge in [-0.05, 0) is 13.0 Å². The molecule has 124 valence electrons. The maximum atomic E-state index is 11.8. The van der Waals surface area contributed by atoms with Crippen LogP contribution >= 0.6 is 23.2 Å². The number of hydrogen-bond donors (Lipinski definition) is 2. The van der Waals surface area contributed by atoms with Gasteiger partial charge in [0, 0.05) is 0 Å². The summed E-state index contributed by atoms with van der Waals surface area (Å²) in [6.07, 6.45) is 1.31. The van der Waals surface area contributed by atoms with Gasteiger partial charge in [-0.3, -0.25) is 0 Å². The number of esters is 2. The first kappa shape index (κ1) is 17.2. The third-order valence-electron chi connectivity index (χ3n) is 2.86. The molecule has 0 saturated heterocycles. The number of H-pyrrole nitrogens is 1. The molecule has 0 aliphatic carbocycles. The Morgan fingerprint density at radius 1 is 1.35 bits per heavy atom. The second-order valence-electron chi connectivity index (χ2n) is 4.37. The number of nitrogens with two attached hydrogens (primary N) is 1. The Morgan fingerprint density at radius 3 is 2.70 bits per heavy atom. The van der Waals surface area contributed by atoms with Crippen LogP contribution in [-0.2, 0) is 16.0 Å². The number of nitrogens with one attached hydrogen (secondary N) is 1. The van der Waals surface area contributed by atoms with Crippen LogP contribution in [0.1, 0.15) is 27.8 Å². The number of halogens is 2. The van der Waals surface area contributed by atoms with Crippen molar-refractivity contribution in [3.05, 3.63) is 33.7 Å². The van der Waals surface area contributed by atoms with Crippen LogP contribution in [-0.4, -0.2) is 39.9 Å². The zero-order valence-corrected chi connectivity index (χ0v) is 13.6. The lowest BCUT2D eigenvalue weighted by Gasteiger charge is -2.06. The van der Waals surface area contributed by atoms with Crippen LogP contribution in [0.3, 0.4) is 0 Å². The van der Waals surface area contributed by atoms with Gasteiger partial charge in [-0.1, -0.05) is 23.2 Å². The molecule has 3 N–H and O–H groups in total. The number of carbonyl (C=O) groups excluding carboxylic acids is 2. The van der Waals surface area contributed by atoms with Crippen molar-refractivity contribution in [1.82, 2.24) is 14.8 Å². The lowest BCUT2D eigenvalue weighted by atomic mass is 10.3. The van der Waals surface area contributed by atoms with Crippen LogP contribution in [0.4, 0.5) is 5.82 Å². The Morgan fingerprint density at radius 2 is 2.09 bits per heavy atom. The molecule has 8 nitrogen and oxygen atoms in total. The van der Waals surface area contributed by atoms with Gasteiger partial charge in [0.15, 0.2) is 0 Å². The van der Waals surface area contributed by atoms with Crippen molar-refractivity contribution in [2.45, 2.75) is 13.5 Å². The zero-order valence-electron chi connectivity index (χ0n) is 12.1. The molecule has 0 amide bonds. The number of carbonyl (C=O) groups is 2. The largest absolute Gasteiger partial charge is 0.462 e. The number of nitrogen functional groups attached to an aromatic ring is 1. The van der Waals surface area contributed by atoms with Crippen LogP contribution in [0.2, 0.25) is 10.2 Å². The Hall–Kier alpha value is -2.19. The first-order chi connectivity index (χ1) is 10.9. The molecule has 23 heavy (non-hydrogen) atoms. The predicted octanol–water partition coefficient (Wildman–Crippen LogP) is 2.13. The molecule has 2 aromatic heterocycles. The van der Waals surface area contributed by atoms with E-state index in [0.29, 0.717) is 0 Å². The number of ether oxygens (including phenoxy) is 2. The van der Waals surface area contributed by atoms with Gasteiger partial charge in [-0.25, -0.2) is 14.3 Å². The molecule has 0 spiro atoms. The fraction of sp³-hybridized carbons (Fsp3) is 0.308. The van der Waals surface area contributed by atoms with Gasteiger partial charge in [0.2, 0.25) is 0 Å². The van der Waals surface area contributed by atoms with E-state index in [9.17, 15) is 9.59 Å². The summed E-state index contributed by atoms with van der Waals surface area (Å²) in [5.41, 5.74) is 6.11. The predicted molar refractivity (Wildman–Crippen MR) is 83.7 cm³/mol. The van der Waals surface area contributed by atoms with Gasteiger partial charge in [0.25, 0.3) is 0 Å². The first-order valence-corrected chi connectivity index (χ1v) is 7.39. The standard InChI is InChI=1S/C13H14Cl2N4O4/c1-2-22-12(20)7-6-17-19(11(7)16)3-4-23-13(21)9-5-8(14)10(15)18-9/h5-6,18H,2-4,16H2,1H3. The smallest absolute Gasteiger partial charge is 0.354 e. The topological polar surface area (TPSA) is 112 Å². The first-order valence-electron chi connectivity index (χ1n) is 6.63. The number of aromatic nitrogens is 3. The molecule has 0 aliphatic heterocycles. The Labute approximate surface area is 141 Å². The van der Waals surface area contributed by atoms with Gasteiger partial charge in [-0.15, -0.1) is 0 Å². The van der Waals surface area contributed by atoms with E-state index < -0.39 is 11.9 Å². The molecule has 2 heterocycles. The van der Waals surface area contributed by atoms with Crippen molar-refractivity contribution in [2.24, 2.45) is 0 Å². The van der Waals surface area contributed by atoms with Gasteiger partial charge >= 0.3 is 11.9 Å². The van der Waals surface area contributed by atoms with Gasteiger partial charge in [0.1, 0.15) is 28.8 Å². The summed E-state index contributed by atoms with van der Waals surface area (Å²) < 4.78 is 11.2. The molecule has 2 aromatic rings. The molecule has 0 bridgehead atoms. The SMILES string of the molecule is CCOC(=O)c1cnn(CCOC(=O)c2cc(Cl)c(Cl)[nH]2)c1N. The summed E-state index contributed by atoms with van der Waals surface area (Å²) in [6.45, 7) is 2.11. The number of aromatic amines is 1. The van der Waals surface area contributed by atoms with Crippen molar-refractivity contribution < 1.29 is 19.1 Å². The maximum Gasteiger partial charge on any atom is 0.354 e. The van der Waals surface area contributed by atoms with Crippen molar-refractivity contribution >= 4 is 41.0 Å².